The van der Waals surface area contributed by atoms with Gasteiger partial charge in [-0.15, -0.1) is 0 Å². The summed E-state index contributed by atoms with van der Waals surface area (Å²) in [5, 5.41) is 5.50. The zero-order valence-electron chi connectivity index (χ0n) is 13.5. The van der Waals surface area contributed by atoms with Crippen molar-refractivity contribution in [3.8, 4) is 0 Å². The van der Waals surface area contributed by atoms with E-state index in [1.54, 1.807) is 25.4 Å². The van der Waals surface area contributed by atoms with Crippen LogP contribution in [0.2, 0.25) is 0 Å². The third kappa shape index (κ3) is 3.88. The first-order valence-corrected chi connectivity index (χ1v) is 7.64. The van der Waals surface area contributed by atoms with Crippen molar-refractivity contribution in [2.45, 2.75) is 19.4 Å². The third-order valence-corrected chi connectivity index (χ3v) is 3.87. The lowest BCUT2D eigenvalue weighted by Crippen LogP contribution is -2.31. The second kappa shape index (κ2) is 6.68. The average Bonchev–Trinajstić information content (AvgIpc) is 2.57. The number of halogens is 3. The summed E-state index contributed by atoms with van der Waals surface area (Å²) in [7, 11) is 1.78. The van der Waals surface area contributed by atoms with Crippen LogP contribution in [-0.4, -0.2) is 21.7 Å². The second-order valence-corrected chi connectivity index (χ2v) is 5.89. The molecular weight excluding hydrogens is 331 g/mol. The van der Waals surface area contributed by atoms with E-state index in [0.29, 0.717) is 11.9 Å². The van der Waals surface area contributed by atoms with Crippen LogP contribution in [0.1, 0.15) is 11.1 Å². The highest BCUT2D eigenvalue weighted by molar-refractivity contribution is 5.80. The lowest BCUT2D eigenvalue weighted by Gasteiger charge is -2.18. The van der Waals surface area contributed by atoms with E-state index < -0.39 is 11.7 Å². The van der Waals surface area contributed by atoms with Gasteiger partial charge >= 0.3 is 6.18 Å². The Hall–Kier alpha value is -2.67. The molecule has 0 saturated carbocycles. The summed E-state index contributed by atoms with van der Waals surface area (Å²) in [6, 6.07) is 12.2. The van der Waals surface area contributed by atoms with Crippen LogP contribution in [0.15, 0.2) is 59.5 Å². The maximum absolute atomic E-state index is 12.6. The van der Waals surface area contributed by atoms with Gasteiger partial charge in [0.25, 0.3) is 5.56 Å². The molecule has 25 heavy (non-hydrogen) atoms. The lowest BCUT2D eigenvalue weighted by molar-refractivity contribution is -0.137. The predicted octanol–water partition coefficient (Wildman–Crippen LogP) is 3.50. The fourth-order valence-corrected chi connectivity index (χ4v) is 2.62. The SMILES string of the molecule is CN(Cc1ccc(C(F)(F)F)cc1)Cn1ncc2ccccc2c1=O. The van der Waals surface area contributed by atoms with Crippen molar-refractivity contribution >= 4 is 10.8 Å². The van der Waals surface area contributed by atoms with Gasteiger partial charge in [-0.2, -0.15) is 18.3 Å². The second-order valence-electron chi connectivity index (χ2n) is 5.89. The minimum Gasteiger partial charge on any atom is -0.283 e. The number of hydrogen-bond acceptors (Lipinski definition) is 3. The van der Waals surface area contributed by atoms with Gasteiger partial charge in [-0.3, -0.25) is 9.69 Å². The molecule has 0 fully saturated rings. The van der Waals surface area contributed by atoms with E-state index in [2.05, 4.69) is 5.10 Å². The largest absolute Gasteiger partial charge is 0.416 e. The highest BCUT2D eigenvalue weighted by Crippen LogP contribution is 2.29. The number of rotatable bonds is 4. The van der Waals surface area contributed by atoms with E-state index in [4.69, 9.17) is 0 Å². The van der Waals surface area contributed by atoms with Crippen molar-refractivity contribution in [2.24, 2.45) is 0 Å². The molecule has 4 nitrogen and oxygen atoms in total. The summed E-state index contributed by atoms with van der Waals surface area (Å²) in [6.07, 6.45) is -2.71. The molecule has 0 radical (unpaired) electrons. The smallest absolute Gasteiger partial charge is 0.283 e. The molecule has 0 saturated heterocycles. The molecule has 130 valence electrons. The van der Waals surface area contributed by atoms with Gasteiger partial charge in [0.2, 0.25) is 0 Å². The summed E-state index contributed by atoms with van der Waals surface area (Å²) < 4.78 is 39.1. The number of nitrogens with zero attached hydrogens (tertiary/aromatic N) is 3. The van der Waals surface area contributed by atoms with Crippen molar-refractivity contribution < 1.29 is 13.2 Å². The first-order chi connectivity index (χ1) is 11.8. The average molecular weight is 347 g/mol. The molecule has 3 aromatic rings. The third-order valence-electron chi connectivity index (χ3n) is 3.87. The van der Waals surface area contributed by atoms with Gasteiger partial charge in [-0.05, 0) is 30.8 Å². The Kier molecular flexibility index (Phi) is 4.59. The molecule has 0 N–H and O–H groups in total. The normalized spacial score (nSPS) is 12.0. The molecule has 0 amide bonds. The van der Waals surface area contributed by atoms with E-state index in [1.165, 1.54) is 16.8 Å². The fraction of sp³-hybridized carbons (Fsp3) is 0.222. The van der Waals surface area contributed by atoms with Crippen LogP contribution in [0.5, 0.6) is 0 Å². The molecule has 0 unspecified atom stereocenters. The van der Waals surface area contributed by atoms with Gasteiger partial charge in [0, 0.05) is 11.9 Å². The molecule has 0 aliphatic carbocycles. The van der Waals surface area contributed by atoms with Crippen molar-refractivity contribution in [1.82, 2.24) is 14.7 Å². The number of hydrogen-bond donors (Lipinski definition) is 0. The molecule has 2 aromatic carbocycles. The maximum Gasteiger partial charge on any atom is 0.416 e. The van der Waals surface area contributed by atoms with E-state index in [9.17, 15) is 18.0 Å². The lowest BCUT2D eigenvalue weighted by atomic mass is 10.1. The van der Waals surface area contributed by atoms with E-state index >= 15 is 0 Å². The molecular formula is C18H16F3N3O. The van der Waals surface area contributed by atoms with E-state index in [-0.39, 0.29) is 12.2 Å². The van der Waals surface area contributed by atoms with Crippen LogP contribution < -0.4 is 5.56 Å². The molecule has 1 heterocycles. The van der Waals surface area contributed by atoms with Crippen molar-refractivity contribution in [3.63, 3.8) is 0 Å². The number of alkyl halides is 3. The minimum absolute atomic E-state index is 0.197. The Labute approximate surface area is 142 Å². The molecule has 0 aliphatic rings. The summed E-state index contributed by atoms with van der Waals surface area (Å²) in [5.74, 6) is 0. The highest BCUT2D eigenvalue weighted by Gasteiger charge is 2.29. The Bertz CT molecular complexity index is 933. The topological polar surface area (TPSA) is 38.1 Å². The quantitative estimate of drug-likeness (QED) is 0.725. The molecule has 3 rings (SSSR count). The van der Waals surface area contributed by atoms with Crippen LogP contribution in [0, 0.1) is 0 Å². The first-order valence-electron chi connectivity index (χ1n) is 7.64. The zero-order valence-corrected chi connectivity index (χ0v) is 13.5. The first kappa shape index (κ1) is 17.2. The van der Waals surface area contributed by atoms with E-state index in [1.807, 2.05) is 17.0 Å². The molecule has 0 spiro atoms. The Morgan fingerprint density at radius 1 is 1.08 bits per heavy atom. The Balaban J connectivity index is 1.73. The molecule has 7 heteroatoms. The van der Waals surface area contributed by atoms with E-state index in [0.717, 1.165) is 23.1 Å². The van der Waals surface area contributed by atoms with Crippen LogP contribution >= 0.6 is 0 Å². The maximum atomic E-state index is 12.6. The minimum atomic E-state index is -4.34. The van der Waals surface area contributed by atoms with Gasteiger partial charge in [0.05, 0.1) is 23.8 Å². The van der Waals surface area contributed by atoms with Crippen molar-refractivity contribution in [3.05, 3.63) is 76.2 Å². The summed E-state index contributed by atoms with van der Waals surface area (Å²) in [4.78, 5) is 14.2. The standard InChI is InChI=1S/C18H16F3N3O/c1-23(11-13-6-8-15(9-7-13)18(19,20)21)12-24-17(25)16-5-3-2-4-14(16)10-22-24/h2-10H,11-12H2,1H3. The fourth-order valence-electron chi connectivity index (χ4n) is 2.62. The van der Waals surface area contributed by atoms with Crippen LogP contribution in [0.25, 0.3) is 10.8 Å². The predicted molar refractivity (Wildman–Crippen MR) is 88.9 cm³/mol. The highest BCUT2D eigenvalue weighted by atomic mass is 19.4. The Morgan fingerprint density at radius 3 is 2.44 bits per heavy atom. The van der Waals surface area contributed by atoms with Gasteiger partial charge in [-0.25, -0.2) is 4.68 Å². The number of benzene rings is 2. The summed E-state index contributed by atoms with van der Waals surface area (Å²) in [5.41, 5.74) is -0.145. The van der Waals surface area contributed by atoms with Crippen LogP contribution in [0.3, 0.4) is 0 Å². The van der Waals surface area contributed by atoms with Gasteiger partial charge in [0.15, 0.2) is 0 Å². The van der Waals surface area contributed by atoms with Crippen LogP contribution in [-0.2, 0) is 19.4 Å². The van der Waals surface area contributed by atoms with Gasteiger partial charge in [-0.1, -0.05) is 30.3 Å². The van der Waals surface area contributed by atoms with Gasteiger partial charge < -0.3 is 0 Å². The van der Waals surface area contributed by atoms with Crippen molar-refractivity contribution in [2.75, 3.05) is 7.05 Å². The zero-order chi connectivity index (χ0) is 18.0. The summed E-state index contributed by atoms with van der Waals surface area (Å²) in [6.45, 7) is 0.643. The summed E-state index contributed by atoms with van der Waals surface area (Å²) >= 11 is 0. The molecule has 0 atom stereocenters. The monoisotopic (exact) mass is 347 g/mol. The Morgan fingerprint density at radius 2 is 1.76 bits per heavy atom. The number of aromatic nitrogens is 2. The van der Waals surface area contributed by atoms with Gasteiger partial charge in [0.1, 0.15) is 0 Å². The molecule has 0 bridgehead atoms. The van der Waals surface area contributed by atoms with Crippen LogP contribution in [0.4, 0.5) is 13.2 Å². The number of fused-ring (bicyclic) bond motifs is 1. The van der Waals surface area contributed by atoms with Crippen molar-refractivity contribution in [1.29, 1.82) is 0 Å². The molecule has 0 aliphatic heterocycles. The molecule has 1 aromatic heterocycles.